The number of nitrogens with zero attached hydrogens (tertiary/aromatic N) is 1. The van der Waals surface area contributed by atoms with E-state index in [1.807, 2.05) is 24.3 Å². The van der Waals surface area contributed by atoms with Crippen molar-refractivity contribution < 1.29 is 9.47 Å². The van der Waals surface area contributed by atoms with Crippen LogP contribution in [0.4, 0.5) is 0 Å². The molecule has 112 valence electrons. The average molecular weight is 278 g/mol. The molecule has 20 heavy (non-hydrogen) atoms. The highest BCUT2D eigenvalue weighted by Gasteiger charge is 2.20. The van der Waals surface area contributed by atoms with Crippen LogP contribution in [0.5, 0.6) is 5.75 Å². The molecule has 2 rings (SSSR count). The molecule has 0 spiro atoms. The first kappa shape index (κ1) is 15.3. The number of hydrogen-bond acceptors (Lipinski definition) is 4. The van der Waals surface area contributed by atoms with Crippen molar-refractivity contribution in [2.45, 2.75) is 19.4 Å². The number of likely N-dealkylation sites (N-methyl/N-ethyl adjacent to an activating group) is 1. The number of nitrogens with two attached hydrogens (primary N) is 1. The van der Waals surface area contributed by atoms with Crippen LogP contribution < -0.4 is 10.5 Å². The summed E-state index contributed by atoms with van der Waals surface area (Å²) in [5.41, 5.74) is 6.69. The lowest BCUT2D eigenvalue weighted by Gasteiger charge is -2.17. The van der Waals surface area contributed by atoms with E-state index in [4.69, 9.17) is 15.2 Å². The molecule has 1 aliphatic carbocycles. The monoisotopic (exact) mass is 278 g/mol. The quantitative estimate of drug-likeness (QED) is 0.664. The van der Waals surface area contributed by atoms with E-state index in [0.717, 1.165) is 43.5 Å². The van der Waals surface area contributed by atoms with Gasteiger partial charge in [-0.15, -0.1) is 0 Å². The molecule has 1 aromatic rings. The molecule has 0 aliphatic heterocycles. The van der Waals surface area contributed by atoms with Crippen LogP contribution in [-0.2, 0) is 11.3 Å². The molecule has 0 atom stereocenters. The van der Waals surface area contributed by atoms with E-state index >= 15 is 0 Å². The summed E-state index contributed by atoms with van der Waals surface area (Å²) >= 11 is 0. The van der Waals surface area contributed by atoms with Crippen LogP contribution in [0.1, 0.15) is 18.4 Å². The maximum atomic E-state index is 5.71. The van der Waals surface area contributed by atoms with E-state index in [0.29, 0.717) is 13.2 Å². The summed E-state index contributed by atoms with van der Waals surface area (Å²) in [7, 11) is 2.10. The van der Waals surface area contributed by atoms with Gasteiger partial charge in [-0.2, -0.15) is 0 Å². The number of ether oxygens (including phenoxy) is 2. The van der Waals surface area contributed by atoms with Crippen molar-refractivity contribution in [3.63, 3.8) is 0 Å². The third-order valence-corrected chi connectivity index (χ3v) is 3.57. The van der Waals surface area contributed by atoms with Crippen molar-refractivity contribution in [3.8, 4) is 5.75 Å². The fourth-order valence-corrected chi connectivity index (χ4v) is 1.91. The molecule has 1 fully saturated rings. The lowest BCUT2D eigenvalue weighted by Crippen LogP contribution is -2.28. The summed E-state index contributed by atoms with van der Waals surface area (Å²) < 4.78 is 11.3. The van der Waals surface area contributed by atoms with Gasteiger partial charge in [0.2, 0.25) is 0 Å². The summed E-state index contributed by atoms with van der Waals surface area (Å²) in [4.78, 5) is 2.24. The zero-order chi connectivity index (χ0) is 14.2. The maximum absolute atomic E-state index is 5.71. The van der Waals surface area contributed by atoms with Crippen molar-refractivity contribution in [2.24, 2.45) is 11.7 Å². The van der Waals surface area contributed by atoms with E-state index in [1.54, 1.807) is 0 Å². The molecular formula is C16H26N2O2. The van der Waals surface area contributed by atoms with Crippen LogP contribution in [0, 0.1) is 5.92 Å². The molecule has 0 amide bonds. The summed E-state index contributed by atoms with van der Waals surface area (Å²) in [6, 6.07) is 7.96. The molecule has 0 heterocycles. The Morgan fingerprint density at radius 1 is 1.15 bits per heavy atom. The SMILES string of the molecule is CN(CCOCC1CC1)CCOc1ccc(CN)cc1. The predicted molar refractivity (Wildman–Crippen MR) is 80.9 cm³/mol. The zero-order valence-electron chi connectivity index (χ0n) is 12.4. The lowest BCUT2D eigenvalue weighted by atomic mass is 10.2. The fraction of sp³-hybridized carbons (Fsp3) is 0.625. The highest BCUT2D eigenvalue weighted by molar-refractivity contribution is 5.27. The molecule has 0 bridgehead atoms. The summed E-state index contributed by atoms with van der Waals surface area (Å²) in [6.07, 6.45) is 2.71. The van der Waals surface area contributed by atoms with Crippen molar-refractivity contribution in [2.75, 3.05) is 40.0 Å². The van der Waals surface area contributed by atoms with Crippen molar-refractivity contribution in [1.29, 1.82) is 0 Å². The van der Waals surface area contributed by atoms with Gasteiger partial charge in [0.25, 0.3) is 0 Å². The number of hydrogen-bond donors (Lipinski definition) is 1. The van der Waals surface area contributed by atoms with Gasteiger partial charge < -0.3 is 20.1 Å². The summed E-state index contributed by atoms with van der Waals surface area (Å²) in [5.74, 6) is 1.75. The molecule has 0 radical (unpaired) electrons. The Bertz CT molecular complexity index is 377. The molecule has 4 nitrogen and oxygen atoms in total. The Kier molecular flexibility index (Phi) is 6.30. The van der Waals surface area contributed by atoms with Gasteiger partial charge in [-0.1, -0.05) is 12.1 Å². The Labute approximate surface area is 121 Å². The number of rotatable bonds is 10. The van der Waals surface area contributed by atoms with E-state index in [1.165, 1.54) is 12.8 Å². The Morgan fingerprint density at radius 2 is 1.85 bits per heavy atom. The van der Waals surface area contributed by atoms with Crippen molar-refractivity contribution in [1.82, 2.24) is 4.90 Å². The molecule has 1 aromatic carbocycles. The van der Waals surface area contributed by atoms with Gasteiger partial charge in [-0.25, -0.2) is 0 Å². The van der Waals surface area contributed by atoms with Gasteiger partial charge in [-0.3, -0.25) is 0 Å². The minimum Gasteiger partial charge on any atom is -0.492 e. The van der Waals surface area contributed by atoms with Gasteiger partial charge in [0.15, 0.2) is 0 Å². The number of benzene rings is 1. The molecular weight excluding hydrogens is 252 g/mol. The lowest BCUT2D eigenvalue weighted by molar-refractivity contribution is 0.0992. The summed E-state index contributed by atoms with van der Waals surface area (Å²) in [6.45, 7) is 4.90. The van der Waals surface area contributed by atoms with Gasteiger partial charge >= 0.3 is 0 Å². The molecule has 4 heteroatoms. The first-order valence-corrected chi connectivity index (χ1v) is 7.46. The molecule has 0 saturated heterocycles. The predicted octanol–water partition coefficient (Wildman–Crippen LogP) is 1.88. The van der Waals surface area contributed by atoms with Gasteiger partial charge in [-0.05, 0) is 43.5 Å². The first-order chi connectivity index (χ1) is 9.78. The second-order valence-electron chi connectivity index (χ2n) is 5.52. The molecule has 0 aromatic heterocycles. The van der Waals surface area contributed by atoms with Crippen molar-refractivity contribution >= 4 is 0 Å². The maximum Gasteiger partial charge on any atom is 0.119 e. The largest absolute Gasteiger partial charge is 0.492 e. The first-order valence-electron chi connectivity index (χ1n) is 7.46. The van der Waals surface area contributed by atoms with E-state index in [9.17, 15) is 0 Å². The smallest absolute Gasteiger partial charge is 0.119 e. The third kappa shape index (κ3) is 5.90. The third-order valence-electron chi connectivity index (χ3n) is 3.57. The van der Waals surface area contributed by atoms with E-state index in [-0.39, 0.29) is 0 Å². The van der Waals surface area contributed by atoms with Gasteiger partial charge in [0.1, 0.15) is 12.4 Å². The Hall–Kier alpha value is -1.10. The topological polar surface area (TPSA) is 47.7 Å². The van der Waals surface area contributed by atoms with Crippen LogP contribution in [0.15, 0.2) is 24.3 Å². The standard InChI is InChI=1S/C16H26N2O2/c1-18(8-10-19-13-15-2-3-15)9-11-20-16-6-4-14(12-17)5-7-16/h4-7,15H,2-3,8-13,17H2,1H3. The minimum absolute atomic E-state index is 0.573. The van der Waals surface area contributed by atoms with Crippen LogP contribution >= 0.6 is 0 Å². The van der Waals surface area contributed by atoms with Crippen LogP contribution in [-0.4, -0.2) is 44.9 Å². The van der Waals surface area contributed by atoms with E-state index in [2.05, 4.69) is 11.9 Å². The average Bonchev–Trinajstić information content (AvgIpc) is 3.28. The minimum atomic E-state index is 0.573. The molecule has 2 N–H and O–H groups in total. The molecule has 0 unspecified atom stereocenters. The molecule has 1 saturated carbocycles. The second kappa shape index (κ2) is 8.25. The van der Waals surface area contributed by atoms with Crippen molar-refractivity contribution in [3.05, 3.63) is 29.8 Å². The highest BCUT2D eigenvalue weighted by Crippen LogP contribution is 2.28. The van der Waals surface area contributed by atoms with Gasteiger partial charge in [0, 0.05) is 26.2 Å². The van der Waals surface area contributed by atoms with Crippen LogP contribution in [0.2, 0.25) is 0 Å². The fourth-order valence-electron chi connectivity index (χ4n) is 1.91. The van der Waals surface area contributed by atoms with E-state index < -0.39 is 0 Å². The second-order valence-corrected chi connectivity index (χ2v) is 5.52. The normalized spacial score (nSPS) is 14.8. The Balaban J connectivity index is 1.52. The van der Waals surface area contributed by atoms with Gasteiger partial charge in [0.05, 0.1) is 6.61 Å². The Morgan fingerprint density at radius 3 is 2.50 bits per heavy atom. The molecule has 1 aliphatic rings. The summed E-state index contributed by atoms with van der Waals surface area (Å²) in [5, 5.41) is 0. The van der Waals surface area contributed by atoms with Crippen LogP contribution in [0.25, 0.3) is 0 Å². The zero-order valence-corrected chi connectivity index (χ0v) is 12.4. The van der Waals surface area contributed by atoms with Crippen LogP contribution in [0.3, 0.4) is 0 Å². The highest BCUT2D eigenvalue weighted by atomic mass is 16.5.